The zero-order valence-corrected chi connectivity index (χ0v) is 16.9. The number of nitrogens with zero attached hydrogens (tertiary/aromatic N) is 4. The largest absolute Gasteiger partial charge is 0.466 e. The van der Waals surface area contributed by atoms with E-state index in [2.05, 4.69) is 39.1 Å². The number of rotatable bonds is 6. The van der Waals surface area contributed by atoms with E-state index in [4.69, 9.17) is 4.42 Å². The fraction of sp³-hybridized carbons (Fsp3) is 0.600. The van der Waals surface area contributed by atoms with Gasteiger partial charge in [-0.05, 0) is 44.5 Å². The minimum absolute atomic E-state index is 0.0954. The first-order valence-corrected chi connectivity index (χ1v) is 9.72. The van der Waals surface area contributed by atoms with Crippen LogP contribution in [-0.4, -0.2) is 52.8 Å². The van der Waals surface area contributed by atoms with Crippen molar-refractivity contribution in [3.63, 3.8) is 0 Å². The Hall–Kier alpha value is -2.28. The summed E-state index contributed by atoms with van der Waals surface area (Å²) in [4.78, 5) is 15.7. The normalized spacial score (nSPS) is 15.9. The van der Waals surface area contributed by atoms with E-state index in [1.165, 1.54) is 10.6 Å². The fourth-order valence-corrected chi connectivity index (χ4v) is 3.43. The van der Waals surface area contributed by atoms with Gasteiger partial charge in [-0.2, -0.15) is 5.10 Å². The first-order valence-electron chi connectivity index (χ1n) is 9.72. The molecule has 0 spiro atoms. The lowest BCUT2D eigenvalue weighted by Gasteiger charge is -2.21. The van der Waals surface area contributed by atoms with Crippen molar-refractivity contribution in [2.75, 3.05) is 27.2 Å². The number of nitrogens with one attached hydrogen (secondary N) is 1. The van der Waals surface area contributed by atoms with Crippen molar-refractivity contribution >= 4 is 6.03 Å². The molecule has 1 atom stereocenters. The van der Waals surface area contributed by atoms with Crippen molar-refractivity contribution in [3.05, 3.63) is 41.1 Å². The van der Waals surface area contributed by atoms with Crippen LogP contribution in [0.5, 0.6) is 0 Å². The summed E-state index contributed by atoms with van der Waals surface area (Å²) in [5.41, 5.74) is 2.14. The molecule has 0 fully saturated rings. The Morgan fingerprint density at radius 2 is 2.19 bits per heavy atom. The van der Waals surface area contributed by atoms with E-state index in [9.17, 15) is 4.79 Å². The number of aromatic nitrogens is 2. The average Bonchev–Trinajstić information content (AvgIpc) is 3.18. The summed E-state index contributed by atoms with van der Waals surface area (Å²) in [6, 6.07) is 6.15. The molecule has 2 aromatic heterocycles. The second-order valence-corrected chi connectivity index (χ2v) is 7.67. The molecule has 3 heterocycles. The SMILES string of the molecule is Cc1ccc([C@H](C)CCN2CCCn3nc(CNC(=O)N(C)C)cc3C2)o1. The van der Waals surface area contributed by atoms with Crippen LogP contribution in [0.1, 0.15) is 48.6 Å². The summed E-state index contributed by atoms with van der Waals surface area (Å²) >= 11 is 0. The van der Waals surface area contributed by atoms with Crippen LogP contribution in [-0.2, 0) is 19.6 Å². The lowest BCUT2D eigenvalue weighted by molar-refractivity contribution is 0.217. The second kappa shape index (κ2) is 8.61. The lowest BCUT2D eigenvalue weighted by Crippen LogP contribution is -2.34. The Morgan fingerprint density at radius 1 is 1.37 bits per heavy atom. The van der Waals surface area contributed by atoms with Gasteiger partial charge >= 0.3 is 6.03 Å². The van der Waals surface area contributed by atoms with Crippen molar-refractivity contribution in [3.8, 4) is 0 Å². The molecule has 2 amide bonds. The van der Waals surface area contributed by atoms with Crippen molar-refractivity contribution in [1.29, 1.82) is 0 Å². The first kappa shape index (κ1) is 19.5. The van der Waals surface area contributed by atoms with Crippen molar-refractivity contribution < 1.29 is 9.21 Å². The minimum atomic E-state index is -0.0954. The highest BCUT2D eigenvalue weighted by molar-refractivity contribution is 5.73. The summed E-state index contributed by atoms with van der Waals surface area (Å²) in [6.07, 6.45) is 2.17. The summed E-state index contributed by atoms with van der Waals surface area (Å²) in [7, 11) is 3.47. The molecule has 0 saturated carbocycles. The Kier molecular flexibility index (Phi) is 6.21. The van der Waals surface area contributed by atoms with Crippen molar-refractivity contribution in [2.24, 2.45) is 0 Å². The summed E-state index contributed by atoms with van der Waals surface area (Å²) in [5.74, 6) is 2.47. The van der Waals surface area contributed by atoms with Gasteiger partial charge in [-0.15, -0.1) is 0 Å². The molecule has 1 N–H and O–H groups in total. The number of carbonyl (C=O) groups is 1. The van der Waals surface area contributed by atoms with Crippen LogP contribution in [0.3, 0.4) is 0 Å². The molecule has 0 aromatic carbocycles. The van der Waals surface area contributed by atoms with Crippen LogP contribution >= 0.6 is 0 Å². The van der Waals surface area contributed by atoms with Crippen LogP contribution in [0, 0.1) is 6.92 Å². The zero-order chi connectivity index (χ0) is 19.4. The number of amides is 2. The smallest absolute Gasteiger partial charge is 0.317 e. The third-order valence-electron chi connectivity index (χ3n) is 5.10. The highest BCUT2D eigenvalue weighted by atomic mass is 16.3. The number of hydrogen-bond acceptors (Lipinski definition) is 4. The molecular weight excluding hydrogens is 342 g/mol. The average molecular weight is 374 g/mol. The molecule has 0 saturated heterocycles. The summed E-state index contributed by atoms with van der Waals surface area (Å²) in [5, 5.41) is 7.55. The number of furan rings is 1. The van der Waals surface area contributed by atoms with Gasteiger partial charge < -0.3 is 14.6 Å². The number of urea groups is 1. The van der Waals surface area contributed by atoms with Gasteiger partial charge in [0.1, 0.15) is 11.5 Å². The highest BCUT2D eigenvalue weighted by Crippen LogP contribution is 2.23. The predicted octanol–water partition coefficient (Wildman–Crippen LogP) is 2.96. The maximum Gasteiger partial charge on any atom is 0.317 e. The standard InChI is InChI=1S/C20H31N5O2/c1-15(19-7-6-16(2)27-19)8-11-24-9-5-10-25-18(14-24)12-17(22-25)13-21-20(26)23(3)4/h6-7,12,15H,5,8-11,13-14H2,1-4H3,(H,21,26)/t15-/m1/s1. The second-order valence-electron chi connectivity index (χ2n) is 7.67. The van der Waals surface area contributed by atoms with Gasteiger partial charge in [0, 0.05) is 39.6 Å². The van der Waals surface area contributed by atoms with Crippen LogP contribution in [0.4, 0.5) is 4.79 Å². The maximum absolute atomic E-state index is 11.7. The molecule has 1 aliphatic heterocycles. The molecule has 0 aliphatic carbocycles. The van der Waals surface area contributed by atoms with Gasteiger partial charge in [0.25, 0.3) is 0 Å². The van der Waals surface area contributed by atoms with Gasteiger partial charge in [0.15, 0.2) is 0 Å². The van der Waals surface area contributed by atoms with Crippen LogP contribution < -0.4 is 5.32 Å². The summed E-state index contributed by atoms with van der Waals surface area (Å²) < 4.78 is 7.86. The molecule has 3 rings (SSSR count). The molecule has 2 aromatic rings. The number of carbonyl (C=O) groups excluding carboxylic acids is 1. The predicted molar refractivity (Wildman–Crippen MR) is 105 cm³/mol. The Balaban J connectivity index is 1.54. The van der Waals surface area contributed by atoms with Gasteiger partial charge in [-0.3, -0.25) is 9.58 Å². The Bertz CT molecular complexity index is 764. The summed E-state index contributed by atoms with van der Waals surface area (Å²) in [6.45, 7) is 8.64. The molecule has 0 unspecified atom stereocenters. The molecular formula is C20H31N5O2. The monoisotopic (exact) mass is 373 g/mol. The third kappa shape index (κ3) is 5.13. The van der Waals surface area contributed by atoms with Crippen LogP contribution in [0.15, 0.2) is 22.6 Å². The van der Waals surface area contributed by atoms with Gasteiger partial charge in [-0.1, -0.05) is 6.92 Å². The van der Waals surface area contributed by atoms with Crippen molar-refractivity contribution in [2.45, 2.75) is 52.2 Å². The van der Waals surface area contributed by atoms with E-state index in [-0.39, 0.29) is 6.03 Å². The molecule has 7 heteroatoms. The van der Waals surface area contributed by atoms with E-state index >= 15 is 0 Å². The van der Waals surface area contributed by atoms with Gasteiger partial charge in [0.2, 0.25) is 0 Å². The maximum atomic E-state index is 11.7. The van der Waals surface area contributed by atoms with E-state index in [0.29, 0.717) is 12.5 Å². The van der Waals surface area contributed by atoms with E-state index in [1.807, 2.05) is 13.0 Å². The Labute approximate surface area is 161 Å². The zero-order valence-electron chi connectivity index (χ0n) is 16.9. The molecule has 0 radical (unpaired) electrons. The van der Waals surface area contributed by atoms with E-state index in [0.717, 1.165) is 56.2 Å². The molecule has 0 bridgehead atoms. The lowest BCUT2D eigenvalue weighted by atomic mass is 10.0. The van der Waals surface area contributed by atoms with Gasteiger partial charge in [0.05, 0.1) is 17.9 Å². The van der Waals surface area contributed by atoms with E-state index in [1.54, 1.807) is 14.1 Å². The minimum Gasteiger partial charge on any atom is -0.466 e. The topological polar surface area (TPSA) is 66.5 Å². The molecule has 148 valence electrons. The van der Waals surface area contributed by atoms with Crippen LogP contribution in [0.25, 0.3) is 0 Å². The number of fused-ring (bicyclic) bond motifs is 1. The van der Waals surface area contributed by atoms with Crippen LogP contribution in [0.2, 0.25) is 0 Å². The molecule has 1 aliphatic rings. The highest BCUT2D eigenvalue weighted by Gasteiger charge is 2.18. The van der Waals surface area contributed by atoms with E-state index < -0.39 is 0 Å². The number of hydrogen-bond donors (Lipinski definition) is 1. The quantitative estimate of drug-likeness (QED) is 0.845. The third-order valence-corrected chi connectivity index (χ3v) is 5.10. The number of aryl methyl sites for hydroxylation is 2. The first-order chi connectivity index (χ1) is 12.9. The molecule has 7 nitrogen and oxygen atoms in total. The fourth-order valence-electron chi connectivity index (χ4n) is 3.43. The molecule has 27 heavy (non-hydrogen) atoms. The van der Waals surface area contributed by atoms with Crippen molar-refractivity contribution in [1.82, 2.24) is 24.9 Å². The van der Waals surface area contributed by atoms with Gasteiger partial charge in [-0.25, -0.2) is 4.79 Å². The Morgan fingerprint density at radius 3 is 2.89 bits per heavy atom.